The molecule has 0 bridgehead atoms. The number of alkyl halides is 3. The summed E-state index contributed by atoms with van der Waals surface area (Å²) in [5.74, 6) is 1.81. The maximum absolute atomic E-state index is 13.1. The third-order valence-electron chi connectivity index (χ3n) is 6.77. The number of fused-ring (bicyclic) bond motifs is 1. The zero-order valence-corrected chi connectivity index (χ0v) is 19.9. The van der Waals surface area contributed by atoms with Crippen LogP contribution in [0.1, 0.15) is 30.4 Å². The van der Waals surface area contributed by atoms with Crippen molar-refractivity contribution < 1.29 is 18.0 Å². The van der Waals surface area contributed by atoms with E-state index >= 15 is 0 Å². The SMILES string of the molecule is C=C1NC(=O)C/C1=C\c1cnn2c(NC3CC3)cc(N3CCN(c4cc(C(F)(F)F)ccn4)CC3)nc12. The molecule has 2 N–H and O–H groups in total. The number of carbonyl (C=O) groups excluding carboxylic acids is 1. The van der Waals surface area contributed by atoms with E-state index in [9.17, 15) is 18.0 Å². The summed E-state index contributed by atoms with van der Waals surface area (Å²) in [5.41, 5.74) is 2.11. The minimum Gasteiger partial charge on any atom is -0.367 e. The molecule has 37 heavy (non-hydrogen) atoms. The maximum atomic E-state index is 13.1. The number of hydrogen-bond acceptors (Lipinski definition) is 7. The number of carbonyl (C=O) groups is 1. The Morgan fingerprint density at radius 2 is 1.84 bits per heavy atom. The predicted octanol–water partition coefficient (Wildman–Crippen LogP) is 3.46. The predicted molar refractivity (Wildman–Crippen MR) is 133 cm³/mol. The summed E-state index contributed by atoms with van der Waals surface area (Å²) in [6, 6.07) is 4.44. The summed E-state index contributed by atoms with van der Waals surface area (Å²) >= 11 is 0. The first-order valence-corrected chi connectivity index (χ1v) is 12.1. The van der Waals surface area contributed by atoms with Crippen molar-refractivity contribution >= 4 is 35.1 Å². The summed E-state index contributed by atoms with van der Waals surface area (Å²) in [5, 5.41) is 10.8. The second kappa shape index (κ2) is 8.79. The van der Waals surface area contributed by atoms with E-state index in [-0.39, 0.29) is 12.3 Å². The molecule has 3 aliphatic rings. The quantitative estimate of drug-likeness (QED) is 0.543. The van der Waals surface area contributed by atoms with E-state index < -0.39 is 11.7 Å². The van der Waals surface area contributed by atoms with Gasteiger partial charge >= 0.3 is 6.18 Å². The van der Waals surface area contributed by atoms with Gasteiger partial charge in [0.05, 0.1) is 18.2 Å². The maximum Gasteiger partial charge on any atom is 0.416 e. The molecular formula is C25H25F3N8O. The van der Waals surface area contributed by atoms with Gasteiger partial charge in [-0.2, -0.15) is 22.8 Å². The van der Waals surface area contributed by atoms with Crippen molar-refractivity contribution in [2.45, 2.75) is 31.5 Å². The Morgan fingerprint density at radius 3 is 2.49 bits per heavy atom. The highest BCUT2D eigenvalue weighted by atomic mass is 19.4. The third-order valence-corrected chi connectivity index (χ3v) is 6.77. The Labute approximate surface area is 210 Å². The fourth-order valence-corrected chi connectivity index (χ4v) is 4.60. The van der Waals surface area contributed by atoms with Crippen LogP contribution in [0.4, 0.5) is 30.6 Å². The molecule has 1 amide bonds. The van der Waals surface area contributed by atoms with Crippen molar-refractivity contribution in [1.29, 1.82) is 0 Å². The molecule has 3 aromatic heterocycles. The second-order valence-corrected chi connectivity index (χ2v) is 9.50. The molecule has 0 atom stereocenters. The van der Waals surface area contributed by atoms with Crippen LogP contribution in [0.25, 0.3) is 11.7 Å². The minimum absolute atomic E-state index is 0.0920. The first-order chi connectivity index (χ1) is 17.7. The number of allylic oxidation sites excluding steroid dienone is 1. The van der Waals surface area contributed by atoms with E-state index in [1.54, 1.807) is 10.7 Å². The van der Waals surface area contributed by atoms with Crippen molar-refractivity contribution in [2.24, 2.45) is 0 Å². The number of aromatic nitrogens is 4. The molecule has 12 heteroatoms. The van der Waals surface area contributed by atoms with Crippen molar-refractivity contribution in [3.8, 4) is 0 Å². The third kappa shape index (κ3) is 4.70. The summed E-state index contributed by atoms with van der Waals surface area (Å²) < 4.78 is 41.2. The van der Waals surface area contributed by atoms with Crippen LogP contribution < -0.4 is 20.4 Å². The smallest absolute Gasteiger partial charge is 0.367 e. The average Bonchev–Trinajstić information content (AvgIpc) is 3.51. The lowest BCUT2D eigenvalue weighted by atomic mass is 10.1. The Morgan fingerprint density at radius 1 is 1.11 bits per heavy atom. The fraction of sp³-hybridized carbons (Fsp3) is 0.360. The number of anilines is 3. The lowest BCUT2D eigenvalue weighted by molar-refractivity contribution is -0.137. The highest BCUT2D eigenvalue weighted by molar-refractivity contribution is 5.89. The number of nitrogens with one attached hydrogen (secondary N) is 2. The summed E-state index contributed by atoms with van der Waals surface area (Å²) in [7, 11) is 0. The van der Waals surface area contributed by atoms with Gasteiger partial charge in [0.1, 0.15) is 17.5 Å². The average molecular weight is 511 g/mol. The molecule has 2 aliphatic heterocycles. The van der Waals surface area contributed by atoms with E-state index in [2.05, 4.69) is 32.2 Å². The molecule has 6 rings (SSSR count). The van der Waals surface area contributed by atoms with Gasteiger partial charge in [-0.1, -0.05) is 6.58 Å². The Hall–Kier alpha value is -4.09. The number of pyridine rings is 1. The number of halogens is 3. The molecule has 1 saturated carbocycles. The van der Waals surface area contributed by atoms with Gasteiger partial charge in [-0.25, -0.2) is 9.97 Å². The molecular weight excluding hydrogens is 485 g/mol. The first-order valence-electron chi connectivity index (χ1n) is 12.1. The van der Waals surface area contributed by atoms with E-state index in [0.29, 0.717) is 49.4 Å². The molecule has 0 spiro atoms. The van der Waals surface area contributed by atoms with Crippen LogP contribution in [0.3, 0.4) is 0 Å². The van der Waals surface area contributed by atoms with Gasteiger partial charge in [-0.05, 0) is 36.6 Å². The lowest BCUT2D eigenvalue weighted by Crippen LogP contribution is -2.47. The molecule has 3 aromatic rings. The van der Waals surface area contributed by atoms with Gasteiger partial charge in [0.15, 0.2) is 5.65 Å². The summed E-state index contributed by atoms with van der Waals surface area (Å²) in [6.45, 7) is 6.08. The monoisotopic (exact) mass is 510 g/mol. The van der Waals surface area contributed by atoms with Crippen LogP contribution >= 0.6 is 0 Å². The summed E-state index contributed by atoms with van der Waals surface area (Å²) in [6.07, 6.45) is 2.85. The van der Waals surface area contributed by atoms with Crippen molar-refractivity contribution in [2.75, 3.05) is 41.3 Å². The minimum atomic E-state index is -4.41. The molecule has 1 aliphatic carbocycles. The molecule has 192 valence electrons. The van der Waals surface area contributed by atoms with Crippen LogP contribution in [-0.4, -0.2) is 57.7 Å². The fourth-order valence-electron chi connectivity index (χ4n) is 4.60. The van der Waals surface area contributed by atoms with Crippen molar-refractivity contribution in [1.82, 2.24) is 24.9 Å². The molecule has 0 radical (unpaired) electrons. The Bertz CT molecular complexity index is 1420. The first kappa shape index (κ1) is 23.3. The van der Waals surface area contributed by atoms with Gasteiger partial charge in [-0.3, -0.25) is 4.79 Å². The normalized spacial score (nSPS) is 19.7. The number of rotatable bonds is 5. The number of hydrogen-bond donors (Lipinski definition) is 2. The van der Waals surface area contributed by atoms with Gasteiger partial charge in [0.2, 0.25) is 5.91 Å². The van der Waals surface area contributed by atoms with Gasteiger partial charge in [0.25, 0.3) is 0 Å². The van der Waals surface area contributed by atoms with Crippen molar-refractivity contribution in [3.05, 3.63) is 59.6 Å². The Kier molecular flexibility index (Phi) is 5.54. The topological polar surface area (TPSA) is 90.7 Å². The standard InChI is InChI=1S/C25H25F3N8O/c1-15-16(11-23(37)31-15)10-17-14-30-36-22(32-19-2-3-19)13-21(33-24(17)36)35-8-6-34(7-9-35)20-12-18(4-5-29-20)25(26,27)28/h4-5,10,12-14,19,32H,1-3,6-9,11H2,(H,31,37)/b16-10+. The molecule has 0 unspecified atom stereocenters. The van der Waals surface area contributed by atoms with E-state index in [0.717, 1.165) is 47.7 Å². The van der Waals surface area contributed by atoms with Gasteiger partial charge in [-0.15, -0.1) is 0 Å². The van der Waals surface area contributed by atoms with Crippen LogP contribution in [-0.2, 0) is 11.0 Å². The molecule has 5 heterocycles. The van der Waals surface area contributed by atoms with Crippen LogP contribution in [0, 0.1) is 0 Å². The van der Waals surface area contributed by atoms with E-state index in [1.807, 2.05) is 17.0 Å². The molecule has 0 aromatic carbocycles. The summed E-state index contributed by atoms with van der Waals surface area (Å²) in [4.78, 5) is 24.8. The van der Waals surface area contributed by atoms with E-state index in [4.69, 9.17) is 4.98 Å². The van der Waals surface area contributed by atoms with Crippen LogP contribution in [0.2, 0.25) is 0 Å². The highest BCUT2D eigenvalue weighted by Crippen LogP contribution is 2.32. The highest BCUT2D eigenvalue weighted by Gasteiger charge is 2.32. The van der Waals surface area contributed by atoms with Crippen LogP contribution in [0.5, 0.6) is 0 Å². The zero-order valence-electron chi connectivity index (χ0n) is 19.9. The molecule has 3 fully saturated rings. The number of nitrogens with zero attached hydrogens (tertiary/aromatic N) is 6. The lowest BCUT2D eigenvalue weighted by Gasteiger charge is -2.36. The number of piperazine rings is 1. The van der Waals surface area contributed by atoms with Crippen molar-refractivity contribution in [3.63, 3.8) is 0 Å². The molecule has 9 nitrogen and oxygen atoms in total. The van der Waals surface area contributed by atoms with Gasteiger partial charge < -0.3 is 20.4 Å². The van der Waals surface area contributed by atoms with Gasteiger partial charge in [0, 0.05) is 55.7 Å². The van der Waals surface area contributed by atoms with Crippen LogP contribution in [0.15, 0.2) is 48.4 Å². The zero-order chi connectivity index (χ0) is 25.7. The largest absolute Gasteiger partial charge is 0.416 e. The number of amides is 1. The second-order valence-electron chi connectivity index (χ2n) is 9.50. The Balaban J connectivity index is 1.27. The van der Waals surface area contributed by atoms with E-state index in [1.165, 1.54) is 6.20 Å². The molecule has 2 saturated heterocycles.